The summed E-state index contributed by atoms with van der Waals surface area (Å²) in [5.74, 6) is 2.13. The van der Waals surface area contributed by atoms with E-state index in [9.17, 15) is 10.4 Å². The maximum absolute atomic E-state index is 10.1. The van der Waals surface area contributed by atoms with Gasteiger partial charge in [-0.2, -0.15) is 5.26 Å². The Kier molecular flexibility index (Phi) is 6.48. The van der Waals surface area contributed by atoms with Gasteiger partial charge < -0.3 is 19.0 Å². The Morgan fingerprint density at radius 3 is 2.12 bits per heavy atom. The van der Waals surface area contributed by atoms with Crippen LogP contribution in [-0.4, -0.2) is 25.5 Å². The molecule has 4 aromatic rings. The van der Waals surface area contributed by atoms with Crippen molar-refractivity contribution in [1.82, 2.24) is 0 Å². The summed E-state index contributed by atoms with van der Waals surface area (Å²) in [7, 11) is 3.20. The quantitative estimate of drug-likeness (QED) is 0.295. The van der Waals surface area contributed by atoms with E-state index in [1.54, 1.807) is 32.4 Å². The van der Waals surface area contributed by atoms with Crippen LogP contribution in [0.1, 0.15) is 11.1 Å². The number of phenols is 1. The van der Waals surface area contributed by atoms with Crippen molar-refractivity contribution in [2.24, 2.45) is 4.99 Å². The van der Waals surface area contributed by atoms with Crippen LogP contribution in [0.2, 0.25) is 0 Å². The molecule has 3 aromatic carbocycles. The molecule has 1 N–H and O–H groups in total. The minimum Gasteiger partial charge on any atom is -0.507 e. The third-order valence-corrected chi connectivity index (χ3v) is 5.54. The minimum absolute atomic E-state index is 0.0674. The van der Waals surface area contributed by atoms with Gasteiger partial charge in [0.05, 0.1) is 14.2 Å². The summed E-state index contributed by atoms with van der Waals surface area (Å²) in [5, 5.41) is 20.1. The molecule has 33 heavy (non-hydrogen) atoms. The second kappa shape index (κ2) is 9.63. The maximum atomic E-state index is 10.1. The van der Waals surface area contributed by atoms with E-state index in [1.165, 1.54) is 6.21 Å². The van der Waals surface area contributed by atoms with Crippen molar-refractivity contribution < 1.29 is 19.0 Å². The van der Waals surface area contributed by atoms with Crippen LogP contribution >= 0.6 is 15.9 Å². The topological polar surface area (TPSA) is 88.0 Å². The fraction of sp³-hybridized carbons (Fsp3) is 0.0769. The van der Waals surface area contributed by atoms with Crippen molar-refractivity contribution >= 4 is 28.0 Å². The Morgan fingerprint density at radius 2 is 1.55 bits per heavy atom. The Hall–Kier alpha value is -4.02. The number of phenolic OH excluding ortho intramolecular Hbond substituents is 1. The van der Waals surface area contributed by atoms with Gasteiger partial charge in [0, 0.05) is 27.4 Å². The molecule has 0 saturated carbocycles. The predicted molar refractivity (Wildman–Crippen MR) is 130 cm³/mol. The molecule has 0 saturated heterocycles. The number of halogens is 1. The zero-order valence-electron chi connectivity index (χ0n) is 17.9. The average Bonchev–Trinajstić information content (AvgIpc) is 3.23. The number of ether oxygens (including phenoxy) is 2. The summed E-state index contributed by atoms with van der Waals surface area (Å²) in [6, 6.07) is 22.0. The number of aromatic hydroxyl groups is 1. The second-order valence-electron chi connectivity index (χ2n) is 7.02. The highest BCUT2D eigenvalue weighted by Gasteiger charge is 2.23. The Labute approximate surface area is 199 Å². The Bertz CT molecular complexity index is 1350. The molecule has 4 rings (SSSR count). The van der Waals surface area contributed by atoms with E-state index < -0.39 is 0 Å². The van der Waals surface area contributed by atoms with E-state index in [0.717, 1.165) is 15.6 Å². The third-order valence-electron chi connectivity index (χ3n) is 5.04. The number of furan rings is 1. The lowest BCUT2D eigenvalue weighted by atomic mass is 9.98. The molecule has 0 aliphatic carbocycles. The summed E-state index contributed by atoms with van der Waals surface area (Å²) in [5.41, 5.74) is 2.95. The van der Waals surface area contributed by atoms with Crippen LogP contribution in [0.3, 0.4) is 0 Å². The summed E-state index contributed by atoms with van der Waals surface area (Å²) in [4.78, 5) is 4.40. The summed E-state index contributed by atoms with van der Waals surface area (Å²) >= 11 is 3.38. The van der Waals surface area contributed by atoms with Gasteiger partial charge in [0.1, 0.15) is 34.6 Å². The molecule has 0 amide bonds. The van der Waals surface area contributed by atoms with Gasteiger partial charge in [-0.25, -0.2) is 4.99 Å². The number of hydrogen-bond acceptors (Lipinski definition) is 6. The van der Waals surface area contributed by atoms with Gasteiger partial charge in [0.2, 0.25) is 5.88 Å². The van der Waals surface area contributed by atoms with Crippen LogP contribution in [0, 0.1) is 11.3 Å². The van der Waals surface area contributed by atoms with Crippen LogP contribution in [-0.2, 0) is 0 Å². The van der Waals surface area contributed by atoms with Gasteiger partial charge in [-0.3, -0.25) is 0 Å². The molecule has 0 spiro atoms. The van der Waals surface area contributed by atoms with Crippen LogP contribution < -0.4 is 9.47 Å². The van der Waals surface area contributed by atoms with Crippen molar-refractivity contribution in [1.29, 1.82) is 5.26 Å². The van der Waals surface area contributed by atoms with E-state index >= 15 is 0 Å². The van der Waals surface area contributed by atoms with Crippen molar-refractivity contribution in [2.75, 3.05) is 14.2 Å². The van der Waals surface area contributed by atoms with Gasteiger partial charge >= 0.3 is 0 Å². The molecule has 0 atom stereocenters. The molecular weight excluding hydrogens is 484 g/mol. The molecule has 1 aromatic heterocycles. The molecule has 0 fully saturated rings. The maximum Gasteiger partial charge on any atom is 0.238 e. The number of methoxy groups -OCH3 is 2. The lowest BCUT2D eigenvalue weighted by Gasteiger charge is -2.06. The number of aliphatic imine (C=N–C) groups is 1. The fourth-order valence-corrected chi connectivity index (χ4v) is 3.73. The zero-order chi connectivity index (χ0) is 23.4. The zero-order valence-corrected chi connectivity index (χ0v) is 19.5. The Balaban J connectivity index is 1.88. The number of nitriles is 1. The first-order valence-corrected chi connectivity index (χ1v) is 10.7. The second-order valence-corrected chi connectivity index (χ2v) is 7.93. The summed E-state index contributed by atoms with van der Waals surface area (Å²) < 4.78 is 17.4. The van der Waals surface area contributed by atoms with Crippen LogP contribution in [0.5, 0.6) is 17.2 Å². The lowest BCUT2D eigenvalue weighted by Crippen LogP contribution is -1.87. The molecule has 164 valence electrons. The highest BCUT2D eigenvalue weighted by atomic mass is 79.9. The largest absolute Gasteiger partial charge is 0.507 e. The summed E-state index contributed by atoms with van der Waals surface area (Å²) in [6.07, 6.45) is 1.47. The molecule has 0 aliphatic heterocycles. The van der Waals surface area contributed by atoms with Gasteiger partial charge in [-0.1, -0.05) is 28.1 Å². The highest BCUT2D eigenvalue weighted by molar-refractivity contribution is 9.10. The molecule has 6 nitrogen and oxygen atoms in total. The predicted octanol–water partition coefficient (Wildman–Crippen LogP) is 6.72. The molecule has 0 bridgehead atoms. The van der Waals surface area contributed by atoms with Crippen LogP contribution in [0.15, 0.2) is 80.6 Å². The number of rotatable bonds is 6. The van der Waals surface area contributed by atoms with E-state index in [1.807, 2.05) is 48.5 Å². The fourth-order valence-electron chi connectivity index (χ4n) is 3.35. The van der Waals surface area contributed by atoms with E-state index in [4.69, 9.17) is 13.9 Å². The molecule has 1 heterocycles. The average molecular weight is 503 g/mol. The molecule has 0 unspecified atom stereocenters. The SMILES string of the molecule is COc1ccc(-c2oc(/N=C/c3cc(Br)ccc3O)c(C#N)c2-c2ccc(OC)cc2)cc1. The van der Waals surface area contributed by atoms with Gasteiger partial charge in [-0.15, -0.1) is 0 Å². The van der Waals surface area contributed by atoms with Crippen molar-refractivity contribution in [3.8, 4) is 45.8 Å². The first-order valence-electron chi connectivity index (χ1n) is 9.92. The van der Waals surface area contributed by atoms with Crippen LogP contribution in [0.25, 0.3) is 22.5 Å². The lowest BCUT2D eigenvalue weighted by molar-refractivity contribution is 0.414. The first kappa shape index (κ1) is 22.2. The molecule has 0 aliphatic rings. The van der Waals surface area contributed by atoms with Crippen molar-refractivity contribution in [3.05, 3.63) is 82.3 Å². The standard InChI is InChI=1S/C26H19BrN2O4/c1-31-20-8-3-16(4-9-20)24-22(14-28)26(29-15-18-13-19(27)7-12-23(18)30)33-25(24)17-5-10-21(32-2)11-6-17/h3-13,15,30H,1-2H3/b29-15+. The van der Waals surface area contributed by atoms with E-state index in [2.05, 4.69) is 27.0 Å². The van der Waals surface area contributed by atoms with Gasteiger partial charge in [0.25, 0.3) is 0 Å². The number of hydrogen-bond donors (Lipinski definition) is 1. The molecule has 0 radical (unpaired) electrons. The van der Waals surface area contributed by atoms with Gasteiger partial charge in [-0.05, 0) is 60.2 Å². The molecular formula is C26H19BrN2O4. The van der Waals surface area contributed by atoms with Crippen molar-refractivity contribution in [2.45, 2.75) is 0 Å². The number of nitrogens with zero attached hydrogens (tertiary/aromatic N) is 2. The first-order chi connectivity index (χ1) is 16.0. The minimum atomic E-state index is 0.0674. The number of benzene rings is 3. The summed E-state index contributed by atoms with van der Waals surface area (Å²) in [6.45, 7) is 0. The smallest absolute Gasteiger partial charge is 0.238 e. The van der Waals surface area contributed by atoms with E-state index in [-0.39, 0.29) is 17.2 Å². The van der Waals surface area contributed by atoms with Gasteiger partial charge in [0.15, 0.2) is 0 Å². The van der Waals surface area contributed by atoms with Crippen LogP contribution in [0.4, 0.5) is 5.88 Å². The monoisotopic (exact) mass is 502 g/mol. The molecule has 7 heteroatoms. The normalized spacial score (nSPS) is 10.8. The highest BCUT2D eigenvalue weighted by Crippen LogP contribution is 2.43. The van der Waals surface area contributed by atoms with Crippen molar-refractivity contribution in [3.63, 3.8) is 0 Å². The Morgan fingerprint density at radius 1 is 0.939 bits per heavy atom. The third kappa shape index (κ3) is 4.61. The van der Waals surface area contributed by atoms with E-state index in [0.29, 0.717) is 28.4 Å².